The molecule has 0 aliphatic rings. The number of halogens is 3. The van der Waals surface area contributed by atoms with E-state index in [1.54, 1.807) is 24.3 Å². The van der Waals surface area contributed by atoms with E-state index < -0.39 is 28.2 Å². The first-order valence-corrected chi connectivity index (χ1v) is 10.1. The fraction of sp³-hybridized carbons (Fsp3) is 0.176. The molecule has 150 valence electrons. The second kappa shape index (κ2) is 7.95. The number of ether oxygens (including phenoxy) is 1. The topological polar surface area (TPSA) is 88.8 Å². The quantitative estimate of drug-likeness (QED) is 0.592. The number of aliphatic hydroxyl groups is 1. The molecule has 0 spiro atoms. The van der Waals surface area contributed by atoms with E-state index in [9.17, 15) is 26.7 Å². The molecule has 0 saturated heterocycles. The maximum atomic E-state index is 12.3. The van der Waals surface area contributed by atoms with Gasteiger partial charge >= 0.3 is 6.36 Å². The van der Waals surface area contributed by atoms with Crippen molar-refractivity contribution in [3.05, 3.63) is 70.3 Å². The van der Waals surface area contributed by atoms with Crippen LogP contribution in [0.3, 0.4) is 0 Å². The lowest BCUT2D eigenvalue weighted by atomic mass is 10.2. The molecule has 0 bridgehead atoms. The molecular weight excluding hydrogens is 419 g/mol. The van der Waals surface area contributed by atoms with Crippen LogP contribution >= 0.6 is 11.3 Å². The van der Waals surface area contributed by atoms with E-state index in [-0.39, 0.29) is 11.4 Å². The van der Waals surface area contributed by atoms with Crippen molar-refractivity contribution >= 4 is 21.4 Å². The predicted molar refractivity (Wildman–Crippen MR) is 94.2 cm³/mol. The van der Waals surface area contributed by atoms with Gasteiger partial charge in [-0.15, -0.1) is 24.5 Å². The smallest absolute Gasteiger partial charge is 0.466 e. The number of furan rings is 1. The van der Waals surface area contributed by atoms with Gasteiger partial charge in [0, 0.05) is 16.3 Å². The van der Waals surface area contributed by atoms with Crippen LogP contribution in [0.15, 0.2) is 64.1 Å². The molecule has 3 rings (SSSR count). The molecule has 0 radical (unpaired) electrons. The van der Waals surface area contributed by atoms with Crippen molar-refractivity contribution in [3.8, 4) is 5.75 Å². The lowest BCUT2D eigenvalue weighted by molar-refractivity contribution is -0.274. The zero-order valence-electron chi connectivity index (χ0n) is 14.0. The normalized spacial score (nSPS) is 13.4. The molecule has 0 aliphatic heterocycles. The highest BCUT2D eigenvalue weighted by atomic mass is 32.2. The van der Waals surface area contributed by atoms with E-state index in [1.807, 2.05) is 0 Å². The molecule has 3 aromatic rings. The number of aliphatic hydroxyl groups excluding tert-OH is 1. The minimum absolute atomic E-state index is 0.0430. The van der Waals surface area contributed by atoms with Crippen molar-refractivity contribution in [2.75, 3.05) is 0 Å². The van der Waals surface area contributed by atoms with Crippen molar-refractivity contribution in [2.45, 2.75) is 23.9 Å². The van der Waals surface area contributed by atoms with Crippen molar-refractivity contribution in [1.29, 1.82) is 0 Å². The Balaban J connectivity index is 1.64. The van der Waals surface area contributed by atoms with Crippen LogP contribution in [0.4, 0.5) is 13.2 Å². The third-order valence-electron chi connectivity index (χ3n) is 3.57. The lowest BCUT2D eigenvalue weighted by Crippen LogP contribution is -2.23. The lowest BCUT2D eigenvalue weighted by Gasteiger charge is -2.10. The van der Waals surface area contributed by atoms with Gasteiger partial charge in [0.25, 0.3) is 0 Å². The number of hydrogen-bond acceptors (Lipinski definition) is 6. The van der Waals surface area contributed by atoms with E-state index in [1.165, 1.54) is 17.6 Å². The van der Waals surface area contributed by atoms with Crippen LogP contribution in [0, 0.1) is 0 Å². The molecule has 28 heavy (non-hydrogen) atoms. The molecule has 0 saturated carbocycles. The van der Waals surface area contributed by atoms with Gasteiger partial charge in [0.05, 0.1) is 11.2 Å². The summed E-state index contributed by atoms with van der Waals surface area (Å²) >= 11 is 1.20. The van der Waals surface area contributed by atoms with E-state index >= 15 is 0 Å². The molecule has 2 N–H and O–H groups in total. The molecule has 0 fully saturated rings. The SMILES string of the molecule is O=S(=O)(NCc1ccc(C(O)c2ccco2)s1)c1ccc(OC(F)(F)F)cc1. The third kappa shape index (κ3) is 5.13. The van der Waals surface area contributed by atoms with Crippen molar-refractivity contribution in [1.82, 2.24) is 4.72 Å². The molecule has 6 nitrogen and oxygen atoms in total. The van der Waals surface area contributed by atoms with Crippen LogP contribution in [-0.2, 0) is 16.6 Å². The maximum Gasteiger partial charge on any atom is 0.573 e. The monoisotopic (exact) mass is 433 g/mol. The van der Waals surface area contributed by atoms with Crippen molar-refractivity contribution in [3.63, 3.8) is 0 Å². The Hall–Kier alpha value is -2.34. The summed E-state index contributed by atoms with van der Waals surface area (Å²) in [5.41, 5.74) is 0. The molecule has 11 heteroatoms. The highest BCUT2D eigenvalue weighted by Gasteiger charge is 2.31. The zero-order chi connectivity index (χ0) is 20.4. The van der Waals surface area contributed by atoms with Gasteiger partial charge in [0.2, 0.25) is 10.0 Å². The van der Waals surface area contributed by atoms with Gasteiger partial charge in [-0.25, -0.2) is 13.1 Å². The Morgan fingerprint density at radius 3 is 2.46 bits per heavy atom. The van der Waals surface area contributed by atoms with E-state index in [4.69, 9.17) is 4.42 Å². The van der Waals surface area contributed by atoms with Crippen LogP contribution in [0.1, 0.15) is 21.6 Å². The summed E-state index contributed by atoms with van der Waals surface area (Å²) in [6, 6.07) is 10.5. The number of nitrogens with one attached hydrogen (secondary N) is 1. The number of benzene rings is 1. The molecule has 1 unspecified atom stereocenters. The Labute approximate surface area is 162 Å². The molecule has 1 aromatic carbocycles. The summed E-state index contributed by atoms with van der Waals surface area (Å²) in [6.07, 6.45) is -4.37. The van der Waals surface area contributed by atoms with Crippen molar-refractivity contribution in [2.24, 2.45) is 0 Å². The number of alkyl halides is 3. The van der Waals surface area contributed by atoms with Crippen LogP contribution in [0.5, 0.6) is 5.75 Å². The number of hydrogen-bond donors (Lipinski definition) is 2. The summed E-state index contributed by atoms with van der Waals surface area (Å²) < 4.78 is 72.3. The fourth-order valence-electron chi connectivity index (χ4n) is 2.29. The summed E-state index contributed by atoms with van der Waals surface area (Å²) in [4.78, 5) is 1.02. The molecule has 1 atom stereocenters. The van der Waals surface area contributed by atoms with Crippen LogP contribution < -0.4 is 9.46 Å². The minimum atomic E-state index is -4.85. The van der Waals surface area contributed by atoms with Gasteiger partial charge in [-0.05, 0) is 48.5 Å². The molecule has 2 aromatic heterocycles. The number of rotatable bonds is 7. The average molecular weight is 433 g/mol. The van der Waals surface area contributed by atoms with Crippen LogP contribution in [0.25, 0.3) is 0 Å². The first-order valence-electron chi connectivity index (χ1n) is 7.79. The van der Waals surface area contributed by atoms with Crippen LogP contribution in [0.2, 0.25) is 0 Å². The molecule has 0 amide bonds. The Kier molecular flexibility index (Phi) is 5.79. The highest BCUT2D eigenvalue weighted by Crippen LogP contribution is 2.29. The Morgan fingerprint density at radius 1 is 1.14 bits per heavy atom. The maximum absolute atomic E-state index is 12.3. The first kappa shape index (κ1) is 20.4. The number of thiophene rings is 1. The number of sulfonamides is 1. The fourth-order valence-corrected chi connectivity index (χ4v) is 4.34. The molecule has 0 aliphatic carbocycles. The summed E-state index contributed by atoms with van der Waals surface area (Å²) in [5.74, 6) is -0.142. The first-order chi connectivity index (χ1) is 13.1. The summed E-state index contributed by atoms with van der Waals surface area (Å²) in [6.45, 7) is -0.0430. The van der Waals surface area contributed by atoms with Gasteiger partial charge in [-0.3, -0.25) is 0 Å². The van der Waals surface area contributed by atoms with E-state index in [0.717, 1.165) is 24.3 Å². The van der Waals surface area contributed by atoms with E-state index in [2.05, 4.69) is 9.46 Å². The van der Waals surface area contributed by atoms with Gasteiger partial charge < -0.3 is 14.3 Å². The second-order valence-corrected chi connectivity index (χ2v) is 8.53. The molecular formula is C17H14F3NO5S2. The van der Waals surface area contributed by atoms with Gasteiger partial charge in [-0.1, -0.05) is 0 Å². The molecule has 2 heterocycles. The Bertz CT molecular complexity index is 1010. The third-order valence-corrected chi connectivity index (χ3v) is 6.12. The van der Waals surface area contributed by atoms with Gasteiger partial charge in [0.1, 0.15) is 17.6 Å². The van der Waals surface area contributed by atoms with Gasteiger partial charge in [0.15, 0.2) is 0 Å². The summed E-state index contributed by atoms with van der Waals surface area (Å²) in [5, 5.41) is 10.2. The van der Waals surface area contributed by atoms with Gasteiger partial charge in [-0.2, -0.15) is 0 Å². The van der Waals surface area contributed by atoms with Crippen molar-refractivity contribution < 1.29 is 35.8 Å². The summed E-state index contributed by atoms with van der Waals surface area (Å²) in [7, 11) is -3.93. The zero-order valence-corrected chi connectivity index (χ0v) is 15.6. The van der Waals surface area contributed by atoms with E-state index in [0.29, 0.717) is 15.5 Å². The average Bonchev–Trinajstić information content (AvgIpc) is 3.31. The highest BCUT2D eigenvalue weighted by molar-refractivity contribution is 7.89. The predicted octanol–water partition coefficient (Wildman–Crippen LogP) is 3.80. The standard InChI is InChI=1S/C17H14F3NO5S2/c18-17(19,20)26-11-3-6-13(7-4-11)28(23,24)21-10-12-5-8-15(27-12)16(22)14-2-1-9-25-14/h1-9,16,21-22H,10H2. The largest absolute Gasteiger partial charge is 0.573 e. The minimum Gasteiger partial charge on any atom is -0.466 e. The second-order valence-electron chi connectivity index (χ2n) is 5.57. The van der Waals surface area contributed by atoms with Crippen LogP contribution in [-0.4, -0.2) is 19.9 Å². The Morgan fingerprint density at radius 2 is 1.86 bits per heavy atom.